The van der Waals surface area contributed by atoms with E-state index in [-0.39, 0.29) is 30.2 Å². The lowest BCUT2D eigenvalue weighted by Crippen LogP contribution is -2.32. The third kappa shape index (κ3) is 2.06. The minimum Gasteiger partial charge on any atom is -0.450 e. The molecule has 0 saturated carbocycles. The van der Waals surface area contributed by atoms with E-state index < -0.39 is 6.04 Å². The second-order valence-corrected chi connectivity index (χ2v) is 5.71. The van der Waals surface area contributed by atoms with Gasteiger partial charge in [-0.15, -0.1) is 0 Å². The van der Waals surface area contributed by atoms with Crippen LogP contribution in [0.4, 0.5) is 0 Å². The lowest BCUT2D eigenvalue weighted by atomic mass is 9.98. The number of amides is 1. The molecule has 0 spiro atoms. The summed E-state index contributed by atoms with van der Waals surface area (Å²) in [5.41, 5.74) is 1.36. The van der Waals surface area contributed by atoms with Crippen molar-refractivity contribution in [2.75, 3.05) is 13.2 Å². The Morgan fingerprint density at radius 1 is 1.00 bits per heavy atom. The molecule has 0 fully saturated rings. The first kappa shape index (κ1) is 14.7. The summed E-state index contributed by atoms with van der Waals surface area (Å²) in [7, 11) is 0. The lowest BCUT2D eigenvalue weighted by Gasteiger charge is -2.24. The number of aliphatic hydroxyl groups excluding tert-OH is 1. The minimum absolute atomic E-state index is 0.0704. The molecule has 5 heteroatoms. The zero-order valence-electron chi connectivity index (χ0n) is 12.8. The molecule has 1 unspecified atom stereocenters. The van der Waals surface area contributed by atoms with Gasteiger partial charge < -0.3 is 14.4 Å². The van der Waals surface area contributed by atoms with Crippen LogP contribution in [0.25, 0.3) is 11.0 Å². The van der Waals surface area contributed by atoms with E-state index in [0.717, 1.165) is 5.56 Å². The first-order valence-electron chi connectivity index (χ1n) is 7.75. The van der Waals surface area contributed by atoms with Crippen molar-refractivity contribution in [3.63, 3.8) is 0 Å². The number of benzene rings is 2. The summed E-state index contributed by atoms with van der Waals surface area (Å²) in [6.07, 6.45) is 0. The molecule has 1 N–H and O–H groups in total. The lowest BCUT2D eigenvalue weighted by molar-refractivity contribution is 0.0691. The van der Waals surface area contributed by atoms with Gasteiger partial charge in [0.05, 0.1) is 23.6 Å². The van der Waals surface area contributed by atoms with Crippen LogP contribution in [-0.2, 0) is 0 Å². The molecule has 0 saturated heterocycles. The minimum atomic E-state index is -0.540. The van der Waals surface area contributed by atoms with Gasteiger partial charge in [-0.05, 0) is 17.7 Å². The number of hydrogen-bond donors (Lipinski definition) is 1. The van der Waals surface area contributed by atoms with E-state index in [2.05, 4.69) is 0 Å². The Morgan fingerprint density at radius 3 is 2.46 bits per heavy atom. The Hall–Kier alpha value is -2.92. The number of rotatable bonds is 3. The largest absolute Gasteiger partial charge is 0.450 e. The maximum Gasteiger partial charge on any atom is 0.290 e. The van der Waals surface area contributed by atoms with Crippen LogP contribution in [-0.4, -0.2) is 29.1 Å². The summed E-state index contributed by atoms with van der Waals surface area (Å²) in [6.45, 7) is -0.0465. The average molecular weight is 321 g/mol. The van der Waals surface area contributed by atoms with Gasteiger partial charge in [-0.1, -0.05) is 42.5 Å². The predicted molar refractivity (Wildman–Crippen MR) is 88.9 cm³/mol. The van der Waals surface area contributed by atoms with Crippen molar-refractivity contribution in [1.82, 2.24) is 4.90 Å². The van der Waals surface area contributed by atoms with Gasteiger partial charge in [0.25, 0.3) is 5.91 Å². The average Bonchev–Trinajstić information content (AvgIpc) is 2.89. The van der Waals surface area contributed by atoms with Crippen LogP contribution in [0.15, 0.2) is 63.8 Å². The van der Waals surface area contributed by atoms with Gasteiger partial charge in [-0.3, -0.25) is 9.59 Å². The number of β-amino-alcohol motifs (C(OH)–C–C–N with tert-alkyl or cyclic N) is 1. The van der Waals surface area contributed by atoms with E-state index in [1.54, 1.807) is 24.3 Å². The van der Waals surface area contributed by atoms with Crippen LogP contribution >= 0.6 is 0 Å². The molecule has 2 heterocycles. The van der Waals surface area contributed by atoms with Gasteiger partial charge in [0.2, 0.25) is 5.76 Å². The Kier molecular flexibility index (Phi) is 3.43. The second-order valence-electron chi connectivity index (χ2n) is 5.71. The number of carbonyl (C=O) groups excluding carboxylic acids is 1. The molecule has 1 amide bonds. The second kappa shape index (κ2) is 5.62. The molecule has 4 rings (SSSR count). The first-order valence-corrected chi connectivity index (χ1v) is 7.75. The fourth-order valence-corrected chi connectivity index (χ4v) is 3.29. The van der Waals surface area contributed by atoms with Crippen LogP contribution in [0.5, 0.6) is 0 Å². The molecule has 0 bridgehead atoms. The molecule has 1 aromatic heterocycles. The van der Waals surface area contributed by atoms with Crippen LogP contribution in [0, 0.1) is 0 Å². The van der Waals surface area contributed by atoms with Crippen molar-refractivity contribution in [1.29, 1.82) is 0 Å². The Morgan fingerprint density at radius 2 is 1.71 bits per heavy atom. The quantitative estimate of drug-likeness (QED) is 0.804. The van der Waals surface area contributed by atoms with Crippen LogP contribution in [0.3, 0.4) is 0 Å². The number of para-hydroxylation sites is 1. The summed E-state index contributed by atoms with van der Waals surface area (Å²) in [5, 5.41) is 9.80. The fraction of sp³-hybridized carbons (Fsp3) is 0.158. The zero-order chi connectivity index (χ0) is 16.7. The maximum absolute atomic E-state index is 13.0. The van der Waals surface area contributed by atoms with Crippen LogP contribution < -0.4 is 5.43 Å². The van der Waals surface area contributed by atoms with E-state index in [9.17, 15) is 14.7 Å². The summed E-state index contributed by atoms with van der Waals surface area (Å²) in [5.74, 6) is -0.295. The molecule has 120 valence electrons. The van der Waals surface area contributed by atoms with Crippen molar-refractivity contribution in [3.05, 3.63) is 81.7 Å². The molecule has 0 radical (unpaired) electrons. The topological polar surface area (TPSA) is 70.8 Å². The highest BCUT2D eigenvalue weighted by Crippen LogP contribution is 2.37. The number of nitrogens with zero attached hydrogens (tertiary/aromatic N) is 1. The SMILES string of the molecule is O=C1c2oc3ccccc3c(=O)c2C(c2ccccc2)N1CCO. The summed E-state index contributed by atoms with van der Waals surface area (Å²) in [4.78, 5) is 27.2. The first-order chi connectivity index (χ1) is 11.7. The number of fused-ring (bicyclic) bond motifs is 2. The monoisotopic (exact) mass is 321 g/mol. The van der Waals surface area contributed by atoms with Crippen LogP contribution in [0.2, 0.25) is 0 Å². The van der Waals surface area contributed by atoms with Crippen LogP contribution in [0.1, 0.15) is 27.7 Å². The van der Waals surface area contributed by atoms with Gasteiger partial charge in [0.1, 0.15) is 5.58 Å². The van der Waals surface area contributed by atoms with Crippen molar-refractivity contribution >= 4 is 16.9 Å². The highest BCUT2D eigenvalue weighted by Gasteiger charge is 2.42. The molecule has 3 aromatic rings. The smallest absolute Gasteiger partial charge is 0.290 e. The molecule has 2 aromatic carbocycles. The van der Waals surface area contributed by atoms with Crippen molar-refractivity contribution in [2.45, 2.75) is 6.04 Å². The van der Waals surface area contributed by atoms with Gasteiger partial charge in [-0.2, -0.15) is 0 Å². The van der Waals surface area contributed by atoms with Gasteiger partial charge in [0.15, 0.2) is 5.43 Å². The zero-order valence-corrected chi connectivity index (χ0v) is 12.8. The Bertz CT molecular complexity index is 978. The number of carbonyl (C=O) groups is 1. The van der Waals surface area contributed by atoms with Gasteiger partial charge >= 0.3 is 0 Å². The van der Waals surface area contributed by atoms with E-state index in [1.807, 2.05) is 30.3 Å². The number of aliphatic hydroxyl groups is 1. The summed E-state index contributed by atoms with van der Waals surface area (Å²) in [6, 6.07) is 15.7. The van der Waals surface area contributed by atoms with E-state index in [0.29, 0.717) is 16.5 Å². The molecule has 0 aliphatic carbocycles. The van der Waals surface area contributed by atoms with E-state index in [1.165, 1.54) is 4.90 Å². The van der Waals surface area contributed by atoms with E-state index >= 15 is 0 Å². The number of hydrogen-bond acceptors (Lipinski definition) is 4. The van der Waals surface area contributed by atoms with Crippen molar-refractivity contribution in [2.24, 2.45) is 0 Å². The summed E-state index contributed by atoms with van der Waals surface area (Å²) >= 11 is 0. The molecule has 5 nitrogen and oxygen atoms in total. The third-order valence-electron chi connectivity index (χ3n) is 4.33. The van der Waals surface area contributed by atoms with Gasteiger partial charge in [0, 0.05) is 6.54 Å². The molecule has 24 heavy (non-hydrogen) atoms. The molecule has 1 aliphatic heterocycles. The predicted octanol–water partition coefficient (Wildman–Crippen LogP) is 2.33. The van der Waals surface area contributed by atoms with Crippen molar-refractivity contribution < 1.29 is 14.3 Å². The maximum atomic E-state index is 13.0. The van der Waals surface area contributed by atoms with E-state index in [4.69, 9.17) is 4.42 Å². The molecule has 1 atom stereocenters. The van der Waals surface area contributed by atoms with Crippen molar-refractivity contribution in [3.8, 4) is 0 Å². The fourth-order valence-electron chi connectivity index (χ4n) is 3.29. The Balaban J connectivity index is 2.02. The Labute approximate surface area is 137 Å². The molecule has 1 aliphatic rings. The highest BCUT2D eigenvalue weighted by molar-refractivity contribution is 5.99. The standard InChI is InChI=1S/C19H15NO4/c21-11-10-20-16(12-6-2-1-3-7-12)15-17(22)13-8-4-5-9-14(13)24-18(15)19(20)23/h1-9,16,21H,10-11H2. The third-order valence-corrected chi connectivity index (χ3v) is 4.33. The molecular weight excluding hydrogens is 306 g/mol. The summed E-state index contributed by atoms with van der Waals surface area (Å²) < 4.78 is 5.75. The molecular formula is C19H15NO4. The normalized spacial score (nSPS) is 16.6. The van der Waals surface area contributed by atoms with Gasteiger partial charge in [-0.25, -0.2) is 0 Å². The highest BCUT2D eigenvalue weighted by atomic mass is 16.3.